The fourth-order valence-corrected chi connectivity index (χ4v) is 3.75. The van der Waals surface area contributed by atoms with Crippen LogP contribution in [0.1, 0.15) is 26.2 Å². The van der Waals surface area contributed by atoms with E-state index in [0.717, 1.165) is 56.2 Å². The first-order valence-corrected chi connectivity index (χ1v) is 10.5. The minimum atomic E-state index is -0.216. The van der Waals surface area contributed by atoms with E-state index in [9.17, 15) is 4.79 Å². The molecule has 1 fully saturated rings. The Morgan fingerprint density at radius 3 is 2.76 bits per heavy atom. The molecule has 1 heterocycles. The minimum absolute atomic E-state index is 0.216. The van der Waals surface area contributed by atoms with E-state index in [1.807, 2.05) is 30.0 Å². The molecule has 1 aromatic rings. The molecule has 2 N–H and O–H groups in total. The summed E-state index contributed by atoms with van der Waals surface area (Å²) >= 11 is 8.36. The third-order valence-corrected chi connectivity index (χ3v) is 5.20. The van der Waals surface area contributed by atoms with Crippen molar-refractivity contribution in [2.75, 3.05) is 54.6 Å². The lowest BCUT2D eigenvalue weighted by Crippen LogP contribution is -2.32. The Hall–Kier alpha value is -1.11. The van der Waals surface area contributed by atoms with Crippen molar-refractivity contribution in [3.63, 3.8) is 0 Å². The summed E-state index contributed by atoms with van der Waals surface area (Å²) in [4.78, 5) is 14.2. The van der Waals surface area contributed by atoms with Crippen LogP contribution in [0, 0.1) is 0 Å². The first-order chi connectivity index (χ1) is 12.2. The van der Waals surface area contributed by atoms with Gasteiger partial charge in [0.15, 0.2) is 0 Å². The number of nitrogens with one attached hydrogen (secondary N) is 2. The Bertz CT molecular complexity index is 539. The van der Waals surface area contributed by atoms with Gasteiger partial charge in [-0.05, 0) is 31.0 Å². The maximum Gasteiger partial charge on any atom is 0.319 e. The normalized spacial score (nSPS) is 14.4. The van der Waals surface area contributed by atoms with Crippen molar-refractivity contribution in [1.29, 1.82) is 0 Å². The van der Waals surface area contributed by atoms with Crippen LogP contribution < -0.4 is 15.5 Å². The van der Waals surface area contributed by atoms with E-state index in [0.29, 0.717) is 23.9 Å². The van der Waals surface area contributed by atoms with Gasteiger partial charge >= 0.3 is 6.03 Å². The van der Waals surface area contributed by atoms with Crippen LogP contribution in [0.5, 0.6) is 0 Å². The molecular weight excluding hydrogens is 358 g/mol. The van der Waals surface area contributed by atoms with Crippen LogP contribution in [0.4, 0.5) is 16.2 Å². The number of carbonyl (C=O) groups excluding carboxylic acids is 1. The molecule has 0 unspecified atom stereocenters. The second kappa shape index (κ2) is 11.5. The van der Waals surface area contributed by atoms with E-state index in [1.165, 1.54) is 0 Å². The van der Waals surface area contributed by atoms with Crippen LogP contribution in [0.15, 0.2) is 18.2 Å². The van der Waals surface area contributed by atoms with E-state index >= 15 is 0 Å². The average Bonchev–Trinajstić information content (AvgIpc) is 2.62. The number of amides is 2. The summed E-state index contributed by atoms with van der Waals surface area (Å²) in [5, 5.41) is 6.33. The zero-order valence-electron chi connectivity index (χ0n) is 14.9. The summed E-state index contributed by atoms with van der Waals surface area (Å²) in [7, 11) is 0. The van der Waals surface area contributed by atoms with Crippen molar-refractivity contribution >= 4 is 40.8 Å². The van der Waals surface area contributed by atoms with Crippen LogP contribution in [0.2, 0.25) is 5.02 Å². The number of halogens is 1. The van der Waals surface area contributed by atoms with Gasteiger partial charge in [0, 0.05) is 50.0 Å². The molecule has 0 radical (unpaired) electrons. The van der Waals surface area contributed by atoms with E-state index in [2.05, 4.69) is 22.5 Å². The lowest BCUT2D eigenvalue weighted by molar-refractivity contribution is 0.129. The van der Waals surface area contributed by atoms with Gasteiger partial charge in [-0.15, -0.1) is 0 Å². The second-order valence-corrected chi connectivity index (χ2v) is 7.60. The number of carbonyl (C=O) groups is 1. The summed E-state index contributed by atoms with van der Waals surface area (Å²) in [5.41, 5.74) is 1.74. The molecule has 140 valence electrons. The largest absolute Gasteiger partial charge is 0.381 e. The summed E-state index contributed by atoms with van der Waals surface area (Å²) in [6.07, 6.45) is 3.03. The highest BCUT2D eigenvalue weighted by Crippen LogP contribution is 2.30. The Morgan fingerprint density at radius 1 is 1.28 bits per heavy atom. The third kappa shape index (κ3) is 7.34. The monoisotopic (exact) mass is 385 g/mol. The highest BCUT2D eigenvalue weighted by atomic mass is 35.5. The highest BCUT2D eigenvalue weighted by Gasteiger charge is 2.14. The van der Waals surface area contributed by atoms with Crippen molar-refractivity contribution in [2.45, 2.75) is 26.2 Å². The molecule has 2 amide bonds. The van der Waals surface area contributed by atoms with E-state index in [4.69, 9.17) is 16.3 Å². The van der Waals surface area contributed by atoms with Crippen molar-refractivity contribution in [2.24, 2.45) is 0 Å². The topological polar surface area (TPSA) is 53.6 Å². The standard InChI is InChI=1S/C18H28ClN3O2S/c1-2-3-10-24-11-4-7-20-18(23)21-15-5-6-17(16(19)14-15)22-8-12-25-13-9-22/h5-6,14H,2-4,7-13H2,1H3,(H2,20,21,23). The van der Waals surface area contributed by atoms with Gasteiger partial charge in [0.25, 0.3) is 0 Å². The Balaban J connectivity index is 1.71. The zero-order valence-corrected chi connectivity index (χ0v) is 16.4. The Kier molecular flexibility index (Phi) is 9.29. The molecule has 0 atom stereocenters. The van der Waals surface area contributed by atoms with E-state index in [-0.39, 0.29) is 6.03 Å². The molecule has 1 aliphatic heterocycles. The number of hydrogen-bond acceptors (Lipinski definition) is 4. The summed E-state index contributed by atoms with van der Waals surface area (Å²) < 4.78 is 5.47. The summed E-state index contributed by atoms with van der Waals surface area (Å²) in [6, 6.07) is 5.48. The molecule has 1 aromatic carbocycles. The number of rotatable bonds is 9. The van der Waals surface area contributed by atoms with Gasteiger partial charge in [-0.2, -0.15) is 11.8 Å². The number of anilines is 2. The van der Waals surface area contributed by atoms with Crippen molar-refractivity contribution in [1.82, 2.24) is 5.32 Å². The average molecular weight is 386 g/mol. The first kappa shape index (κ1) is 20.2. The molecule has 25 heavy (non-hydrogen) atoms. The predicted molar refractivity (Wildman–Crippen MR) is 108 cm³/mol. The number of thioether (sulfide) groups is 1. The van der Waals surface area contributed by atoms with Crippen LogP contribution in [0.3, 0.4) is 0 Å². The van der Waals surface area contributed by atoms with Crippen molar-refractivity contribution in [3.05, 3.63) is 23.2 Å². The van der Waals surface area contributed by atoms with E-state index < -0.39 is 0 Å². The predicted octanol–water partition coefficient (Wildman–Crippen LogP) is 4.22. The maximum atomic E-state index is 11.9. The SMILES string of the molecule is CCCCOCCCNC(=O)Nc1ccc(N2CCSCC2)c(Cl)c1. The Labute approximate surface area is 159 Å². The molecule has 0 aromatic heterocycles. The summed E-state index contributed by atoms with van der Waals surface area (Å²) in [5.74, 6) is 2.25. The van der Waals surface area contributed by atoms with Gasteiger partial charge in [-0.1, -0.05) is 24.9 Å². The number of ether oxygens (including phenoxy) is 1. The molecule has 1 saturated heterocycles. The minimum Gasteiger partial charge on any atom is -0.381 e. The van der Waals surface area contributed by atoms with Gasteiger partial charge in [0.1, 0.15) is 0 Å². The molecule has 0 aliphatic carbocycles. The molecule has 0 saturated carbocycles. The van der Waals surface area contributed by atoms with Gasteiger partial charge in [0.2, 0.25) is 0 Å². The second-order valence-electron chi connectivity index (χ2n) is 5.97. The third-order valence-electron chi connectivity index (χ3n) is 3.95. The van der Waals surface area contributed by atoms with Gasteiger partial charge in [-0.25, -0.2) is 4.79 Å². The number of hydrogen-bond donors (Lipinski definition) is 2. The van der Waals surface area contributed by atoms with Crippen LogP contribution in [0.25, 0.3) is 0 Å². The van der Waals surface area contributed by atoms with Crippen LogP contribution >= 0.6 is 23.4 Å². The molecular formula is C18H28ClN3O2S. The van der Waals surface area contributed by atoms with Crippen LogP contribution in [-0.4, -0.2) is 50.4 Å². The number of benzene rings is 1. The maximum absolute atomic E-state index is 11.9. The number of nitrogens with zero attached hydrogens (tertiary/aromatic N) is 1. The molecule has 1 aliphatic rings. The number of urea groups is 1. The van der Waals surface area contributed by atoms with E-state index in [1.54, 1.807) is 0 Å². The zero-order chi connectivity index (χ0) is 17.9. The molecule has 2 rings (SSSR count). The van der Waals surface area contributed by atoms with Gasteiger partial charge in [0.05, 0.1) is 10.7 Å². The molecule has 0 spiro atoms. The van der Waals surface area contributed by atoms with Crippen LogP contribution in [-0.2, 0) is 4.74 Å². The van der Waals surface area contributed by atoms with Crippen molar-refractivity contribution < 1.29 is 9.53 Å². The summed E-state index contributed by atoms with van der Waals surface area (Å²) in [6.45, 7) is 6.23. The smallest absolute Gasteiger partial charge is 0.319 e. The Morgan fingerprint density at radius 2 is 2.04 bits per heavy atom. The lowest BCUT2D eigenvalue weighted by atomic mass is 10.2. The molecule has 0 bridgehead atoms. The lowest BCUT2D eigenvalue weighted by Gasteiger charge is -2.29. The fourth-order valence-electron chi connectivity index (χ4n) is 2.55. The molecule has 7 heteroatoms. The highest BCUT2D eigenvalue weighted by molar-refractivity contribution is 7.99. The van der Waals surface area contributed by atoms with Gasteiger partial charge in [-0.3, -0.25) is 0 Å². The van der Waals surface area contributed by atoms with Crippen molar-refractivity contribution in [3.8, 4) is 0 Å². The molecule has 5 nitrogen and oxygen atoms in total. The quantitative estimate of drug-likeness (QED) is 0.625. The number of unbranched alkanes of at least 4 members (excludes halogenated alkanes) is 1. The fraction of sp³-hybridized carbons (Fsp3) is 0.611. The van der Waals surface area contributed by atoms with Gasteiger partial charge < -0.3 is 20.3 Å². The first-order valence-electron chi connectivity index (χ1n) is 8.95.